The minimum Gasteiger partial charge on any atom is -0.356 e. The summed E-state index contributed by atoms with van der Waals surface area (Å²) >= 11 is 0. The second-order valence-electron chi connectivity index (χ2n) is 11.2. The van der Waals surface area contributed by atoms with E-state index in [1.165, 1.54) is 60.9 Å². The molecule has 6 nitrogen and oxygen atoms in total. The molecular weight excluding hydrogens is 446 g/mol. The molecule has 1 aliphatic carbocycles. The van der Waals surface area contributed by atoms with E-state index in [2.05, 4.69) is 63.0 Å². The highest BCUT2D eigenvalue weighted by atomic mass is 16.1. The average Bonchev–Trinajstić information content (AvgIpc) is 3.60. The van der Waals surface area contributed by atoms with Crippen LogP contribution in [0, 0.1) is 40.5 Å². The first-order chi connectivity index (χ1) is 17.3. The Morgan fingerprint density at radius 1 is 1.03 bits per heavy atom. The smallest absolute Gasteiger partial charge is 0.220 e. The van der Waals surface area contributed by atoms with Crippen molar-refractivity contribution in [2.75, 3.05) is 19.6 Å². The SMILES string of the molecule is Cc1ccc(-n2nc(C)c3c(C)c(CCC(=O)NCC4CCN(C5CCCC5)C4)c(C)nc32)cc1C. The summed E-state index contributed by atoms with van der Waals surface area (Å²) in [5.41, 5.74) is 8.78. The Hall–Kier alpha value is -2.73. The van der Waals surface area contributed by atoms with Crippen LogP contribution in [0.15, 0.2) is 18.2 Å². The number of aromatic nitrogens is 3. The maximum absolute atomic E-state index is 12.8. The third kappa shape index (κ3) is 4.93. The van der Waals surface area contributed by atoms with Gasteiger partial charge >= 0.3 is 0 Å². The van der Waals surface area contributed by atoms with Crippen molar-refractivity contribution >= 4 is 16.9 Å². The number of nitrogens with zero attached hydrogens (tertiary/aromatic N) is 4. The molecule has 3 heterocycles. The summed E-state index contributed by atoms with van der Waals surface area (Å²) in [6, 6.07) is 7.21. The molecule has 3 aromatic rings. The molecule has 1 N–H and O–H groups in total. The summed E-state index contributed by atoms with van der Waals surface area (Å²) in [6.45, 7) is 13.7. The number of carbonyl (C=O) groups excluding carboxylic acids is 1. The van der Waals surface area contributed by atoms with Crippen molar-refractivity contribution in [3.8, 4) is 5.69 Å². The van der Waals surface area contributed by atoms with Crippen LogP contribution in [0.3, 0.4) is 0 Å². The molecule has 2 aliphatic rings. The molecule has 1 saturated carbocycles. The number of nitrogens with one attached hydrogen (secondary N) is 1. The van der Waals surface area contributed by atoms with Crippen molar-refractivity contribution in [1.82, 2.24) is 25.0 Å². The minimum atomic E-state index is 0.149. The van der Waals surface area contributed by atoms with Gasteiger partial charge in [-0.15, -0.1) is 0 Å². The highest BCUT2D eigenvalue weighted by Gasteiger charge is 2.30. The van der Waals surface area contributed by atoms with Crippen molar-refractivity contribution in [3.63, 3.8) is 0 Å². The highest BCUT2D eigenvalue weighted by Crippen LogP contribution is 2.30. The molecule has 192 valence electrons. The Bertz CT molecular complexity index is 1270. The molecule has 1 atom stereocenters. The van der Waals surface area contributed by atoms with Gasteiger partial charge in [-0.3, -0.25) is 4.79 Å². The molecule has 1 aliphatic heterocycles. The van der Waals surface area contributed by atoms with Gasteiger partial charge in [0.15, 0.2) is 5.65 Å². The lowest BCUT2D eigenvalue weighted by Crippen LogP contribution is -2.34. The van der Waals surface area contributed by atoms with Crippen LogP contribution in [0.1, 0.15) is 72.2 Å². The van der Waals surface area contributed by atoms with Gasteiger partial charge in [0.2, 0.25) is 5.91 Å². The zero-order valence-electron chi connectivity index (χ0n) is 22.7. The summed E-state index contributed by atoms with van der Waals surface area (Å²) in [5.74, 6) is 0.741. The van der Waals surface area contributed by atoms with Gasteiger partial charge in [-0.1, -0.05) is 18.9 Å². The van der Waals surface area contributed by atoms with E-state index in [1.54, 1.807) is 0 Å². The first kappa shape index (κ1) is 24.9. The fourth-order valence-corrected chi connectivity index (χ4v) is 6.33. The molecule has 0 bridgehead atoms. The lowest BCUT2D eigenvalue weighted by Gasteiger charge is -2.23. The second-order valence-corrected chi connectivity index (χ2v) is 11.2. The lowest BCUT2D eigenvalue weighted by molar-refractivity contribution is -0.121. The van der Waals surface area contributed by atoms with Gasteiger partial charge in [0.25, 0.3) is 0 Å². The van der Waals surface area contributed by atoms with Crippen molar-refractivity contribution < 1.29 is 4.79 Å². The summed E-state index contributed by atoms with van der Waals surface area (Å²) < 4.78 is 1.96. The van der Waals surface area contributed by atoms with Crippen LogP contribution in [0.2, 0.25) is 0 Å². The van der Waals surface area contributed by atoms with Gasteiger partial charge in [-0.2, -0.15) is 5.10 Å². The molecular formula is C30H41N5O. The van der Waals surface area contributed by atoms with Crippen LogP contribution in [-0.4, -0.2) is 51.2 Å². The number of hydrogen-bond acceptors (Lipinski definition) is 4. The number of hydrogen-bond donors (Lipinski definition) is 1. The number of fused-ring (bicyclic) bond motifs is 1. The third-order valence-electron chi connectivity index (χ3n) is 8.66. The fourth-order valence-electron chi connectivity index (χ4n) is 6.33. The molecule has 2 fully saturated rings. The number of carbonyl (C=O) groups is 1. The third-order valence-corrected chi connectivity index (χ3v) is 8.66. The van der Waals surface area contributed by atoms with E-state index in [0.29, 0.717) is 18.8 Å². The Morgan fingerprint density at radius 3 is 2.56 bits per heavy atom. The first-order valence-electron chi connectivity index (χ1n) is 13.8. The predicted octanol–water partition coefficient (Wildman–Crippen LogP) is 5.28. The van der Waals surface area contributed by atoms with Crippen molar-refractivity contribution in [3.05, 3.63) is 51.8 Å². The molecule has 5 rings (SSSR count). The van der Waals surface area contributed by atoms with E-state index in [0.717, 1.165) is 47.2 Å². The Morgan fingerprint density at radius 2 is 1.81 bits per heavy atom. The van der Waals surface area contributed by atoms with Gasteiger partial charge in [0.05, 0.1) is 11.4 Å². The van der Waals surface area contributed by atoms with E-state index in [9.17, 15) is 4.79 Å². The summed E-state index contributed by atoms with van der Waals surface area (Å²) in [4.78, 5) is 20.4. The number of rotatable bonds is 7. The first-order valence-corrected chi connectivity index (χ1v) is 13.8. The highest BCUT2D eigenvalue weighted by molar-refractivity contribution is 5.85. The summed E-state index contributed by atoms with van der Waals surface area (Å²) in [5, 5.41) is 9.18. The van der Waals surface area contributed by atoms with Crippen molar-refractivity contribution in [1.29, 1.82) is 0 Å². The Kier molecular flexibility index (Phi) is 7.16. The van der Waals surface area contributed by atoms with E-state index in [4.69, 9.17) is 10.1 Å². The van der Waals surface area contributed by atoms with Crippen molar-refractivity contribution in [2.45, 2.75) is 85.6 Å². The molecule has 0 radical (unpaired) electrons. The van der Waals surface area contributed by atoms with Crippen LogP contribution >= 0.6 is 0 Å². The maximum Gasteiger partial charge on any atom is 0.220 e. The van der Waals surface area contributed by atoms with E-state index >= 15 is 0 Å². The minimum absolute atomic E-state index is 0.149. The van der Waals surface area contributed by atoms with Gasteiger partial charge < -0.3 is 10.2 Å². The largest absolute Gasteiger partial charge is 0.356 e. The predicted molar refractivity (Wildman–Crippen MR) is 146 cm³/mol. The van der Waals surface area contributed by atoms with Crippen molar-refractivity contribution in [2.24, 2.45) is 5.92 Å². The molecule has 1 unspecified atom stereocenters. The standard InChI is InChI=1S/C30H41N5O/c1-19-10-11-26(16-20(19)2)35-30-29(23(5)33-35)21(3)27(22(4)32-30)12-13-28(36)31-17-24-14-15-34(18-24)25-8-6-7-9-25/h10-11,16,24-25H,6-9,12-15,17-18H2,1-5H3,(H,31,36). The summed E-state index contributed by atoms with van der Waals surface area (Å²) in [7, 11) is 0. The average molecular weight is 488 g/mol. The molecule has 2 aromatic heterocycles. The maximum atomic E-state index is 12.8. The zero-order chi connectivity index (χ0) is 25.4. The second kappa shape index (κ2) is 10.3. The Balaban J connectivity index is 1.24. The van der Waals surface area contributed by atoms with Crippen LogP contribution in [0.5, 0.6) is 0 Å². The number of benzene rings is 1. The van der Waals surface area contributed by atoms with Crippen LogP contribution in [0.4, 0.5) is 0 Å². The monoisotopic (exact) mass is 487 g/mol. The molecule has 1 saturated heterocycles. The number of aryl methyl sites for hydroxylation is 5. The van der Waals surface area contributed by atoms with Crippen LogP contribution in [0.25, 0.3) is 16.7 Å². The van der Waals surface area contributed by atoms with E-state index in [-0.39, 0.29) is 5.91 Å². The van der Waals surface area contributed by atoms with Crippen LogP contribution < -0.4 is 5.32 Å². The number of pyridine rings is 1. The topological polar surface area (TPSA) is 63.1 Å². The van der Waals surface area contributed by atoms with E-state index < -0.39 is 0 Å². The van der Waals surface area contributed by atoms with E-state index in [1.807, 2.05) is 4.68 Å². The van der Waals surface area contributed by atoms with Crippen LogP contribution in [-0.2, 0) is 11.2 Å². The normalized spacial score (nSPS) is 19.0. The fraction of sp³-hybridized carbons (Fsp3) is 0.567. The summed E-state index contributed by atoms with van der Waals surface area (Å²) in [6.07, 6.45) is 7.90. The van der Waals surface area contributed by atoms with Gasteiger partial charge in [-0.05, 0) is 107 Å². The molecule has 1 aromatic carbocycles. The number of amides is 1. The quantitative estimate of drug-likeness (QED) is 0.493. The molecule has 0 spiro atoms. The number of likely N-dealkylation sites (tertiary alicyclic amines) is 1. The molecule has 6 heteroatoms. The molecule has 1 amide bonds. The molecule has 36 heavy (non-hydrogen) atoms. The van der Waals surface area contributed by atoms with Gasteiger partial charge in [0.1, 0.15) is 0 Å². The van der Waals surface area contributed by atoms with Gasteiger partial charge in [-0.25, -0.2) is 9.67 Å². The zero-order valence-corrected chi connectivity index (χ0v) is 22.7. The lowest BCUT2D eigenvalue weighted by atomic mass is 9.99. The van der Waals surface area contributed by atoms with Gasteiger partial charge in [0, 0.05) is 36.6 Å². The Labute approximate surface area is 215 Å².